The van der Waals surface area contributed by atoms with Crippen LogP contribution in [0.5, 0.6) is 0 Å². The number of rotatable bonds is 2. The fourth-order valence-electron chi connectivity index (χ4n) is 2.73. The fourth-order valence-corrected chi connectivity index (χ4v) is 2.73. The van der Waals surface area contributed by atoms with Crippen LogP contribution >= 0.6 is 0 Å². The molecule has 0 amide bonds. The van der Waals surface area contributed by atoms with E-state index in [0.717, 1.165) is 11.0 Å². The molecule has 0 aromatic heterocycles. The Morgan fingerprint density at radius 2 is 2.07 bits per heavy atom. The quantitative estimate of drug-likeness (QED) is 0.528. The number of hydrogen-bond acceptors (Lipinski definition) is 1. The Labute approximate surface area is 91.1 Å². The molecule has 3 rings (SSSR count). The average molecular weight is 204 g/mol. The lowest BCUT2D eigenvalue weighted by atomic mass is 10.1. The van der Waals surface area contributed by atoms with Gasteiger partial charge in [0.05, 0.1) is 19.7 Å². The number of likely N-dealkylation sites (tertiary alicyclic amines) is 1. The minimum absolute atomic E-state index is 0.562. The summed E-state index contributed by atoms with van der Waals surface area (Å²) in [4.78, 5) is 0. The van der Waals surface area contributed by atoms with Crippen molar-refractivity contribution < 1.29 is 9.22 Å². The van der Waals surface area contributed by atoms with E-state index in [-0.39, 0.29) is 0 Å². The molecule has 2 nitrogen and oxygen atoms in total. The summed E-state index contributed by atoms with van der Waals surface area (Å²) in [6, 6.07) is 10.8. The SMILES string of the molecule is C[N+]1(Cc2ccccc2)CCC2OC2C1. The Bertz CT molecular complexity index is 351. The first-order valence-electron chi connectivity index (χ1n) is 5.78. The molecule has 2 heteroatoms. The number of benzene rings is 1. The third-order valence-electron chi connectivity index (χ3n) is 3.67. The molecule has 0 aliphatic carbocycles. The van der Waals surface area contributed by atoms with Crippen LogP contribution in [-0.2, 0) is 11.3 Å². The van der Waals surface area contributed by atoms with Gasteiger partial charge in [-0.05, 0) is 0 Å². The van der Waals surface area contributed by atoms with Crippen LogP contribution < -0.4 is 0 Å². The van der Waals surface area contributed by atoms with Crippen LogP contribution in [0, 0.1) is 0 Å². The molecule has 2 aliphatic rings. The van der Waals surface area contributed by atoms with Crippen LogP contribution in [0.3, 0.4) is 0 Å². The van der Waals surface area contributed by atoms with Crippen LogP contribution in [0.4, 0.5) is 0 Å². The summed E-state index contributed by atoms with van der Waals surface area (Å²) < 4.78 is 6.74. The summed E-state index contributed by atoms with van der Waals surface area (Å²) in [6.45, 7) is 3.60. The van der Waals surface area contributed by atoms with Crippen molar-refractivity contribution in [2.45, 2.75) is 25.2 Å². The predicted molar refractivity (Wildman–Crippen MR) is 59.3 cm³/mol. The number of nitrogens with zero attached hydrogens (tertiary/aromatic N) is 1. The Morgan fingerprint density at radius 1 is 1.27 bits per heavy atom. The second-order valence-corrected chi connectivity index (χ2v) is 5.17. The molecule has 0 bridgehead atoms. The lowest BCUT2D eigenvalue weighted by Gasteiger charge is -2.36. The molecule has 2 fully saturated rings. The van der Waals surface area contributed by atoms with Gasteiger partial charge in [-0.1, -0.05) is 30.3 Å². The molecule has 0 spiro atoms. The average Bonchev–Trinajstić information content (AvgIpc) is 2.96. The molecule has 15 heavy (non-hydrogen) atoms. The van der Waals surface area contributed by atoms with E-state index in [0.29, 0.717) is 12.2 Å². The monoisotopic (exact) mass is 204 g/mol. The maximum Gasteiger partial charge on any atom is 0.133 e. The first kappa shape index (κ1) is 9.37. The highest BCUT2D eigenvalue weighted by atomic mass is 16.6. The van der Waals surface area contributed by atoms with Gasteiger partial charge in [-0.3, -0.25) is 0 Å². The standard InChI is InChI=1S/C13H18NO/c1-14(8-7-12-13(10-14)15-12)9-11-5-3-2-4-6-11/h2-6,12-13H,7-10H2,1H3/q+1. The van der Waals surface area contributed by atoms with Crippen molar-refractivity contribution >= 4 is 0 Å². The van der Waals surface area contributed by atoms with Gasteiger partial charge < -0.3 is 9.22 Å². The van der Waals surface area contributed by atoms with E-state index in [4.69, 9.17) is 4.74 Å². The van der Waals surface area contributed by atoms with Crippen LogP contribution in [0.1, 0.15) is 12.0 Å². The Balaban J connectivity index is 1.71. The number of fused-ring (bicyclic) bond motifs is 1. The minimum Gasteiger partial charge on any atom is -0.363 e. The summed E-state index contributed by atoms with van der Waals surface area (Å²) >= 11 is 0. The summed E-state index contributed by atoms with van der Waals surface area (Å²) in [5, 5.41) is 0. The van der Waals surface area contributed by atoms with Crippen molar-refractivity contribution in [3.8, 4) is 0 Å². The van der Waals surface area contributed by atoms with Gasteiger partial charge in [0.1, 0.15) is 19.2 Å². The fraction of sp³-hybridized carbons (Fsp3) is 0.538. The first-order chi connectivity index (χ1) is 7.25. The molecule has 0 N–H and O–H groups in total. The molecule has 3 atom stereocenters. The van der Waals surface area contributed by atoms with Crippen LogP contribution in [0.25, 0.3) is 0 Å². The predicted octanol–water partition coefficient (Wildman–Crippen LogP) is 1.80. The summed E-state index contributed by atoms with van der Waals surface area (Å²) in [6.07, 6.45) is 2.41. The van der Waals surface area contributed by atoms with E-state index >= 15 is 0 Å². The lowest BCUT2D eigenvalue weighted by molar-refractivity contribution is -0.925. The molecule has 0 radical (unpaired) electrons. The van der Waals surface area contributed by atoms with E-state index in [1.807, 2.05) is 0 Å². The molecular formula is C13H18NO+. The van der Waals surface area contributed by atoms with Crippen molar-refractivity contribution in [2.24, 2.45) is 0 Å². The van der Waals surface area contributed by atoms with E-state index in [1.165, 1.54) is 25.1 Å². The second kappa shape index (κ2) is 3.32. The van der Waals surface area contributed by atoms with E-state index in [9.17, 15) is 0 Å². The molecule has 2 saturated heterocycles. The Morgan fingerprint density at radius 3 is 2.80 bits per heavy atom. The minimum atomic E-state index is 0.562. The van der Waals surface area contributed by atoms with Gasteiger partial charge in [0, 0.05) is 12.0 Å². The molecular weight excluding hydrogens is 186 g/mol. The molecule has 3 unspecified atom stereocenters. The molecule has 1 aromatic carbocycles. The molecule has 80 valence electrons. The summed E-state index contributed by atoms with van der Waals surface area (Å²) in [5.74, 6) is 0. The third kappa shape index (κ3) is 1.92. The maximum atomic E-state index is 5.60. The van der Waals surface area contributed by atoms with Crippen molar-refractivity contribution in [1.29, 1.82) is 0 Å². The van der Waals surface area contributed by atoms with Gasteiger partial charge in [-0.25, -0.2) is 0 Å². The van der Waals surface area contributed by atoms with Gasteiger partial charge in [0.25, 0.3) is 0 Å². The number of piperidine rings is 1. The van der Waals surface area contributed by atoms with E-state index in [2.05, 4.69) is 37.4 Å². The summed E-state index contributed by atoms with van der Waals surface area (Å²) in [7, 11) is 2.35. The highest BCUT2D eigenvalue weighted by Gasteiger charge is 2.49. The number of epoxide rings is 1. The first-order valence-corrected chi connectivity index (χ1v) is 5.78. The number of hydrogen-bond donors (Lipinski definition) is 0. The summed E-state index contributed by atoms with van der Waals surface area (Å²) in [5.41, 5.74) is 1.44. The van der Waals surface area contributed by atoms with Crippen LogP contribution in [0.15, 0.2) is 30.3 Å². The Hall–Kier alpha value is -0.860. The lowest BCUT2D eigenvalue weighted by Crippen LogP contribution is -2.49. The highest BCUT2D eigenvalue weighted by Crippen LogP contribution is 2.34. The van der Waals surface area contributed by atoms with Crippen molar-refractivity contribution in [3.63, 3.8) is 0 Å². The van der Waals surface area contributed by atoms with Crippen LogP contribution in [0.2, 0.25) is 0 Å². The van der Waals surface area contributed by atoms with Crippen molar-refractivity contribution in [1.82, 2.24) is 0 Å². The van der Waals surface area contributed by atoms with E-state index in [1.54, 1.807) is 0 Å². The molecule has 2 aliphatic heterocycles. The number of ether oxygens (including phenoxy) is 1. The zero-order valence-electron chi connectivity index (χ0n) is 9.23. The smallest absolute Gasteiger partial charge is 0.133 e. The van der Waals surface area contributed by atoms with Crippen molar-refractivity contribution in [2.75, 3.05) is 20.1 Å². The Kier molecular flexibility index (Phi) is 2.08. The molecule has 2 heterocycles. The molecule has 1 aromatic rings. The van der Waals surface area contributed by atoms with Gasteiger partial charge in [-0.2, -0.15) is 0 Å². The van der Waals surface area contributed by atoms with Gasteiger partial charge in [0.2, 0.25) is 0 Å². The maximum absolute atomic E-state index is 5.60. The van der Waals surface area contributed by atoms with Gasteiger partial charge in [-0.15, -0.1) is 0 Å². The number of likely N-dealkylation sites (N-methyl/N-ethyl adjacent to an activating group) is 1. The normalized spacial score (nSPS) is 38.5. The van der Waals surface area contributed by atoms with Crippen molar-refractivity contribution in [3.05, 3.63) is 35.9 Å². The third-order valence-corrected chi connectivity index (χ3v) is 3.67. The van der Waals surface area contributed by atoms with Gasteiger partial charge >= 0.3 is 0 Å². The highest BCUT2D eigenvalue weighted by molar-refractivity contribution is 5.13. The largest absolute Gasteiger partial charge is 0.363 e. The van der Waals surface area contributed by atoms with Gasteiger partial charge in [0.15, 0.2) is 0 Å². The van der Waals surface area contributed by atoms with E-state index < -0.39 is 0 Å². The number of quaternary nitrogens is 1. The zero-order chi connectivity index (χ0) is 10.3. The molecule has 0 saturated carbocycles. The van der Waals surface area contributed by atoms with Crippen LogP contribution in [-0.4, -0.2) is 36.8 Å². The second-order valence-electron chi connectivity index (χ2n) is 5.17. The topological polar surface area (TPSA) is 12.5 Å². The zero-order valence-corrected chi connectivity index (χ0v) is 9.23.